The Morgan fingerprint density at radius 1 is 1.24 bits per heavy atom. The molecule has 3 aromatic heterocycles. The first-order chi connectivity index (χ1) is 10.2. The van der Waals surface area contributed by atoms with Crippen molar-refractivity contribution in [3.05, 3.63) is 42.7 Å². The molecule has 21 heavy (non-hydrogen) atoms. The van der Waals surface area contributed by atoms with Crippen molar-refractivity contribution < 1.29 is 0 Å². The molecule has 0 saturated heterocycles. The van der Waals surface area contributed by atoms with E-state index < -0.39 is 0 Å². The van der Waals surface area contributed by atoms with Gasteiger partial charge in [-0.25, -0.2) is 19.5 Å². The van der Waals surface area contributed by atoms with E-state index in [1.54, 1.807) is 12.4 Å². The molecular formula is C16H17N5. The van der Waals surface area contributed by atoms with Gasteiger partial charge in [0.2, 0.25) is 0 Å². The highest BCUT2D eigenvalue weighted by Crippen LogP contribution is 2.52. The number of hydrogen-bond donors (Lipinski definition) is 0. The Morgan fingerprint density at radius 3 is 2.76 bits per heavy atom. The minimum absolute atomic E-state index is 0.598. The Kier molecular flexibility index (Phi) is 2.74. The lowest BCUT2D eigenvalue weighted by Crippen LogP contribution is -2.01. The highest BCUT2D eigenvalue weighted by Gasteiger charge is 2.41. The van der Waals surface area contributed by atoms with E-state index in [0.29, 0.717) is 11.8 Å². The molecule has 0 unspecified atom stereocenters. The molecule has 0 bridgehead atoms. The van der Waals surface area contributed by atoms with Crippen molar-refractivity contribution in [3.8, 4) is 11.3 Å². The molecule has 5 nitrogen and oxygen atoms in total. The Hall–Kier alpha value is -2.30. The van der Waals surface area contributed by atoms with Crippen LogP contribution in [0.1, 0.15) is 31.7 Å². The van der Waals surface area contributed by atoms with E-state index in [4.69, 9.17) is 0 Å². The zero-order valence-electron chi connectivity index (χ0n) is 12.1. The summed E-state index contributed by atoms with van der Waals surface area (Å²) in [5.41, 5.74) is 4.12. The first kappa shape index (κ1) is 12.4. The van der Waals surface area contributed by atoms with E-state index in [-0.39, 0.29) is 0 Å². The minimum Gasteiger partial charge on any atom is -0.244 e. The third-order valence-corrected chi connectivity index (χ3v) is 4.34. The van der Waals surface area contributed by atoms with Crippen LogP contribution in [0.3, 0.4) is 0 Å². The highest BCUT2D eigenvalue weighted by atomic mass is 15.2. The summed E-state index contributed by atoms with van der Waals surface area (Å²) in [6.45, 7) is 4.58. The predicted octanol–water partition coefficient (Wildman–Crippen LogP) is 2.95. The predicted molar refractivity (Wildman–Crippen MR) is 79.7 cm³/mol. The van der Waals surface area contributed by atoms with Crippen molar-refractivity contribution in [1.82, 2.24) is 24.6 Å². The zero-order valence-corrected chi connectivity index (χ0v) is 12.1. The van der Waals surface area contributed by atoms with Crippen molar-refractivity contribution in [2.45, 2.75) is 26.2 Å². The maximum atomic E-state index is 4.62. The summed E-state index contributed by atoms with van der Waals surface area (Å²) in [5.74, 6) is 2.07. The Labute approximate surface area is 123 Å². The summed E-state index contributed by atoms with van der Waals surface area (Å²) in [4.78, 5) is 12.6. The van der Waals surface area contributed by atoms with Gasteiger partial charge in [-0.2, -0.15) is 5.10 Å². The smallest absolute Gasteiger partial charge is 0.156 e. The van der Waals surface area contributed by atoms with Gasteiger partial charge in [-0.1, -0.05) is 13.8 Å². The SMILES string of the molecule is CC(C)[C@H]1C[C@@H]1c1cc(-c2cncnc2)nn2ccnc12. The van der Waals surface area contributed by atoms with Gasteiger partial charge >= 0.3 is 0 Å². The summed E-state index contributed by atoms with van der Waals surface area (Å²) in [6.07, 6.45) is 10.1. The number of aromatic nitrogens is 5. The summed E-state index contributed by atoms with van der Waals surface area (Å²) in [7, 11) is 0. The van der Waals surface area contributed by atoms with Crippen LogP contribution in [0.25, 0.3) is 16.9 Å². The number of imidazole rings is 1. The van der Waals surface area contributed by atoms with E-state index in [1.807, 2.05) is 16.9 Å². The Morgan fingerprint density at radius 2 is 2.05 bits per heavy atom. The van der Waals surface area contributed by atoms with Crippen molar-refractivity contribution >= 4 is 5.65 Å². The first-order valence-corrected chi connectivity index (χ1v) is 7.33. The van der Waals surface area contributed by atoms with Crippen LogP contribution in [0, 0.1) is 11.8 Å². The molecule has 5 heteroatoms. The van der Waals surface area contributed by atoms with Gasteiger partial charge in [0.25, 0.3) is 0 Å². The third kappa shape index (κ3) is 2.09. The van der Waals surface area contributed by atoms with Crippen LogP contribution in [0.4, 0.5) is 0 Å². The van der Waals surface area contributed by atoms with Crippen molar-refractivity contribution in [3.63, 3.8) is 0 Å². The maximum Gasteiger partial charge on any atom is 0.156 e. The Balaban J connectivity index is 1.84. The normalized spacial score (nSPS) is 21.1. The van der Waals surface area contributed by atoms with E-state index in [2.05, 4.69) is 40.0 Å². The van der Waals surface area contributed by atoms with Gasteiger partial charge in [0.15, 0.2) is 5.65 Å². The van der Waals surface area contributed by atoms with Crippen molar-refractivity contribution in [2.75, 3.05) is 0 Å². The topological polar surface area (TPSA) is 56.0 Å². The summed E-state index contributed by atoms with van der Waals surface area (Å²) in [6, 6.07) is 2.16. The average molecular weight is 279 g/mol. The molecule has 0 N–H and O–H groups in total. The second kappa shape index (κ2) is 4.62. The van der Waals surface area contributed by atoms with Gasteiger partial charge in [0.1, 0.15) is 6.33 Å². The molecule has 0 spiro atoms. The van der Waals surface area contributed by atoms with Crippen LogP contribution in [0.15, 0.2) is 37.2 Å². The molecule has 3 heterocycles. The largest absolute Gasteiger partial charge is 0.244 e. The van der Waals surface area contributed by atoms with E-state index in [0.717, 1.165) is 22.8 Å². The fraction of sp³-hybridized carbons (Fsp3) is 0.375. The highest BCUT2D eigenvalue weighted by molar-refractivity contribution is 5.62. The van der Waals surface area contributed by atoms with Crippen LogP contribution in [-0.4, -0.2) is 24.6 Å². The first-order valence-electron chi connectivity index (χ1n) is 7.33. The van der Waals surface area contributed by atoms with Crippen LogP contribution in [0.5, 0.6) is 0 Å². The number of nitrogens with zero attached hydrogens (tertiary/aromatic N) is 5. The van der Waals surface area contributed by atoms with Gasteiger partial charge in [0.05, 0.1) is 5.69 Å². The third-order valence-electron chi connectivity index (χ3n) is 4.34. The summed E-state index contributed by atoms with van der Waals surface area (Å²) < 4.78 is 1.87. The van der Waals surface area contributed by atoms with Crippen molar-refractivity contribution in [1.29, 1.82) is 0 Å². The second-order valence-electron chi connectivity index (χ2n) is 6.06. The molecule has 1 saturated carbocycles. The van der Waals surface area contributed by atoms with Crippen LogP contribution in [-0.2, 0) is 0 Å². The molecule has 106 valence electrons. The molecule has 0 aromatic carbocycles. The molecule has 1 fully saturated rings. The van der Waals surface area contributed by atoms with Gasteiger partial charge in [-0.05, 0) is 30.2 Å². The Bertz CT molecular complexity index is 778. The molecule has 4 rings (SSSR count). The molecule has 0 aliphatic heterocycles. The van der Waals surface area contributed by atoms with Gasteiger partial charge in [-0.15, -0.1) is 0 Å². The number of rotatable bonds is 3. The van der Waals surface area contributed by atoms with Gasteiger partial charge in [-0.3, -0.25) is 0 Å². The lowest BCUT2D eigenvalue weighted by atomic mass is 10.0. The lowest BCUT2D eigenvalue weighted by Gasteiger charge is -2.08. The zero-order chi connectivity index (χ0) is 14.4. The number of fused-ring (bicyclic) bond motifs is 1. The van der Waals surface area contributed by atoms with Crippen LogP contribution >= 0.6 is 0 Å². The molecular weight excluding hydrogens is 262 g/mol. The van der Waals surface area contributed by atoms with Gasteiger partial charge < -0.3 is 0 Å². The second-order valence-corrected chi connectivity index (χ2v) is 6.06. The molecule has 1 aliphatic carbocycles. The summed E-state index contributed by atoms with van der Waals surface area (Å²) in [5, 5.41) is 4.62. The van der Waals surface area contributed by atoms with Crippen LogP contribution in [0.2, 0.25) is 0 Å². The average Bonchev–Trinajstić information content (AvgIpc) is 3.17. The molecule has 0 radical (unpaired) electrons. The fourth-order valence-electron chi connectivity index (χ4n) is 3.10. The van der Waals surface area contributed by atoms with E-state index in [1.165, 1.54) is 18.3 Å². The lowest BCUT2D eigenvalue weighted by molar-refractivity contribution is 0.549. The van der Waals surface area contributed by atoms with E-state index in [9.17, 15) is 0 Å². The standard InChI is InChI=1S/C16H17N5/c1-10(2)12-5-13(12)14-6-15(11-7-17-9-18-8-11)20-21-4-3-19-16(14)21/h3-4,6-10,12-13H,5H2,1-2H3/t12-,13+/m1/s1. The molecule has 3 aromatic rings. The number of hydrogen-bond acceptors (Lipinski definition) is 4. The van der Waals surface area contributed by atoms with Crippen LogP contribution < -0.4 is 0 Å². The molecule has 0 amide bonds. The summed E-state index contributed by atoms with van der Waals surface area (Å²) >= 11 is 0. The fourth-order valence-corrected chi connectivity index (χ4v) is 3.10. The minimum atomic E-state index is 0.598. The quantitative estimate of drug-likeness (QED) is 0.739. The molecule has 1 aliphatic rings. The molecule has 2 atom stereocenters. The van der Waals surface area contributed by atoms with Crippen molar-refractivity contribution in [2.24, 2.45) is 11.8 Å². The maximum absolute atomic E-state index is 4.62. The van der Waals surface area contributed by atoms with Gasteiger partial charge in [0, 0.05) is 35.9 Å². The van der Waals surface area contributed by atoms with E-state index >= 15 is 0 Å². The monoisotopic (exact) mass is 279 g/mol.